The summed E-state index contributed by atoms with van der Waals surface area (Å²) in [5, 5.41) is 13.5. The summed E-state index contributed by atoms with van der Waals surface area (Å²) in [5.41, 5.74) is 3.40. The number of nitrogens with zero attached hydrogens (tertiary/aromatic N) is 6. The predicted molar refractivity (Wildman–Crippen MR) is 166 cm³/mol. The maximum Gasteiger partial charge on any atom is 0.273 e. The number of aromatic nitrogens is 4. The minimum absolute atomic E-state index is 0.0139. The Balaban J connectivity index is 1.13. The molecule has 208 valence electrons. The quantitative estimate of drug-likeness (QED) is 0.175. The molecule has 0 N–H and O–H groups in total. The van der Waals surface area contributed by atoms with Crippen LogP contribution in [-0.4, -0.2) is 61.6 Å². The van der Waals surface area contributed by atoms with Crippen LogP contribution >= 0.6 is 46.3 Å². The van der Waals surface area contributed by atoms with Crippen LogP contribution in [-0.2, 0) is 12.3 Å². The van der Waals surface area contributed by atoms with Gasteiger partial charge in [-0.15, -0.1) is 21.5 Å². The monoisotopic (exact) mass is 620 g/mol. The fourth-order valence-corrected chi connectivity index (χ4v) is 6.89. The zero-order valence-electron chi connectivity index (χ0n) is 22.0. The molecule has 1 aliphatic heterocycles. The molecule has 41 heavy (non-hydrogen) atoms. The Bertz CT molecular complexity index is 1650. The summed E-state index contributed by atoms with van der Waals surface area (Å²) in [6.45, 7) is 3.99. The zero-order chi connectivity index (χ0) is 28.2. The third kappa shape index (κ3) is 6.50. The average molecular weight is 622 g/mol. The highest BCUT2D eigenvalue weighted by Crippen LogP contribution is 2.34. The summed E-state index contributed by atoms with van der Waals surface area (Å²) in [6.07, 6.45) is 0. The molecule has 0 radical (unpaired) electrons. The third-order valence-corrected chi connectivity index (χ3v) is 9.36. The number of thiazole rings is 1. The lowest BCUT2D eigenvalue weighted by Gasteiger charge is -2.34. The van der Waals surface area contributed by atoms with Gasteiger partial charge in [0, 0.05) is 48.7 Å². The maximum absolute atomic E-state index is 13.2. The van der Waals surface area contributed by atoms with Gasteiger partial charge in [-0.3, -0.25) is 14.3 Å². The lowest BCUT2D eigenvalue weighted by molar-refractivity contribution is 0.0623. The number of thioether (sulfide) groups is 1. The molecule has 5 aromatic rings. The fourth-order valence-electron chi connectivity index (χ4n) is 4.74. The molecule has 11 heteroatoms. The second-order valence-corrected chi connectivity index (χ2v) is 12.3. The Hall–Kier alpha value is -3.21. The molecule has 3 heterocycles. The molecule has 0 unspecified atom stereocenters. The summed E-state index contributed by atoms with van der Waals surface area (Å²) in [7, 11) is 0. The Morgan fingerprint density at radius 3 is 2.46 bits per heavy atom. The van der Waals surface area contributed by atoms with Crippen molar-refractivity contribution in [1.82, 2.24) is 29.5 Å². The molecule has 0 saturated carbocycles. The van der Waals surface area contributed by atoms with Gasteiger partial charge in [-0.25, -0.2) is 4.98 Å². The minimum Gasteiger partial charge on any atom is -0.335 e. The van der Waals surface area contributed by atoms with E-state index in [1.807, 2.05) is 69.4 Å². The SMILES string of the molecule is O=C(c1csc(CSc2nnc(-c3ccccc3Cl)n2-c2cccc(Cl)c2)n1)N1CCN(Cc2ccccc2)CC1. The number of amides is 1. The lowest BCUT2D eigenvalue weighted by Crippen LogP contribution is -2.48. The van der Waals surface area contributed by atoms with Crippen molar-refractivity contribution in [1.29, 1.82) is 0 Å². The van der Waals surface area contributed by atoms with Crippen LogP contribution in [0.4, 0.5) is 0 Å². The third-order valence-electron chi connectivity index (χ3n) is 6.82. The normalized spacial score (nSPS) is 14.0. The van der Waals surface area contributed by atoms with Crippen molar-refractivity contribution in [3.05, 3.63) is 111 Å². The van der Waals surface area contributed by atoms with E-state index in [1.54, 1.807) is 0 Å². The Labute approximate surface area is 256 Å². The van der Waals surface area contributed by atoms with Crippen LogP contribution in [0.5, 0.6) is 0 Å². The van der Waals surface area contributed by atoms with E-state index in [9.17, 15) is 4.79 Å². The van der Waals surface area contributed by atoms with Gasteiger partial charge in [-0.2, -0.15) is 0 Å². The molecular formula is C30H26Cl2N6OS2. The second-order valence-electron chi connectivity index (χ2n) is 9.57. The number of hydrogen-bond donors (Lipinski definition) is 0. The summed E-state index contributed by atoms with van der Waals surface area (Å²) >= 11 is 15.8. The molecule has 0 aliphatic carbocycles. The predicted octanol–water partition coefficient (Wildman–Crippen LogP) is 6.95. The largest absolute Gasteiger partial charge is 0.335 e. The molecule has 0 spiro atoms. The zero-order valence-corrected chi connectivity index (χ0v) is 25.1. The van der Waals surface area contributed by atoms with Crippen molar-refractivity contribution in [2.75, 3.05) is 26.2 Å². The first kappa shape index (κ1) is 27.9. The van der Waals surface area contributed by atoms with Gasteiger partial charge in [0.1, 0.15) is 10.7 Å². The van der Waals surface area contributed by atoms with Gasteiger partial charge in [-0.1, -0.05) is 83.5 Å². The first-order valence-electron chi connectivity index (χ1n) is 13.1. The van der Waals surface area contributed by atoms with Crippen LogP contribution in [0.2, 0.25) is 10.0 Å². The van der Waals surface area contributed by atoms with Gasteiger partial charge in [0.05, 0.1) is 16.5 Å². The fraction of sp³-hybridized carbons (Fsp3) is 0.200. The Morgan fingerprint density at radius 2 is 1.68 bits per heavy atom. The van der Waals surface area contributed by atoms with Crippen LogP contribution in [0.25, 0.3) is 17.1 Å². The van der Waals surface area contributed by atoms with Crippen LogP contribution in [0.15, 0.2) is 89.4 Å². The number of hydrogen-bond acceptors (Lipinski definition) is 7. The molecule has 0 bridgehead atoms. The van der Waals surface area contributed by atoms with Crippen LogP contribution in [0, 0.1) is 0 Å². The van der Waals surface area contributed by atoms with Crippen LogP contribution in [0.1, 0.15) is 21.1 Å². The number of rotatable bonds is 8. The Kier molecular flexibility index (Phi) is 8.69. The van der Waals surface area contributed by atoms with E-state index in [0.717, 1.165) is 35.9 Å². The molecule has 6 rings (SSSR count). The van der Waals surface area contributed by atoms with Gasteiger partial charge in [-0.05, 0) is 35.9 Å². The molecule has 1 aliphatic rings. The van der Waals surface area contributed by atoms with Crippen molar-refractivity contribution in [3.63, 3.8) is 0 Å². The summed E-state index contributed by atoms with van der Waals surface area (Å²) in [4.78, 5) is 22.2. The van der Waals surface area contributed by atoms with Crippen molar-refractivity contribution < 1.29 is 4.79 Å². The van der Waals surface area contributed by atoms with E-state index in [4.69, 9.17) is 23.2 Å². The minimum atomic E-state index is -0.0139. The molecule has 1 amide bonds. The van der Waals surface area contributed by atoms with E-state index in [2.05, 4.69) is 44.3 Å². The highest BCUT2D eigenvalue weighted by atomic mass is 35.5. The van der Waals surface area contributed by atoms with Gasteiger partial charge < -0.3 is 4.90 Å². The van der Waals surface area contributed by atoms with E-state index < -0.39 is 0 Å². The van der Waals surface area contributed by atoms with Crippen LogP contribution in [0.3, 0.4) is 0 Å². The highest BCUT2D eigenvalue weighted by molar-refractivity contribution is 7.98. The topological polar surface area (TPSA) is 67.2 Å². The maximum atomic E-state index is 13.2. The van der Waals surface area contributed by atoms with E-state index in [1.165, 1.54) is 28.7 Å². The second kappa shape index (κ2) is 12.8. The highest BCUT2D eigenvalue weighted by Gasteiger charge is 2.24. The Morgan fingerprint density at radius 1 is 0.902 bits per heavy atom. The van der Waals surface area contributed by atoms with Crippen molar-refractivity contribution in [3.8, 4) is 17.1 Å². The number of piperazine rings is 1. The number of carbonyl (C=O) groups excluding carboxylic acids is 1. The standard InChI is InChI=1S/C30H26Cl2N6OS2/c31-22-9-6-10-23(17-22)38-28(24-11-4-5-12-25(24)32)34-35-30(38)41-20-27-33-26(19-40-27)29(39)37-15-13-36(14-16-37)18-21-7-2-1-3-8-21/h1-12,17,19H,13-16,18,20H2. The molecule has 1 fully saturated rings. The number of halogens is 2. The van der Waals surface area contributed by atoms with Gasteiger partial charge in [0.15, 0.2) is 11.0 Å². The molecule has 0 atom stereocenters. The van der Waals surface area contributed by atoms with E-state index >= 15 is 0 Å². The molecular weight excluding hydrogens is 595 g/mol. The van der Waals surface area contributed by atoms with Crippen LogP contribution < -0.4 is 0 Å². The van der Waals surface area contributed by atoms with Crippen molar-refractivity contribution >= 4 is 52.2 Å². The van der Waals surface area contributed by atoms with Crippen molar-refractivity contribution in [2.24, 2.45) is 0 Å². The molecule has 3 aromatic carbocycles. The summed E-state index contributed by atoms with van der Waals surface area (Å²) in [5.74, 6) is 1.16. The molecule has 1 saturated heterocycles. The smallest absolute Gasteiger partial charge is 0.273 e. The van der Waals surface area contributed by atoms with Gasteiger partial charge >= 0.3 is 0 Å². The van der Waals surface area contributed by atoms with Gasteiger partial charge in [0.2, 0.25) is 0 Å². The lowest BCUT2D eigenvalue weighted by atomic mass is 10.2. The molecule has 2 aromatic heterocycles. The van der Waals surface area contributed by atoms with E-state index in [-0.39, 0.29) is 5.91 Å². The summed E-state index contributed by atoms with van der Waals surface area (Å²) in [6, 6.07) is 25.5. The number of carbonyl (C=O) groups is 1. The van der Waals surface area contributed by atoms with Gasteiger partial charge in [0.25, 0.3) is 5.91 Å². The van der Waals surface area contributed by atoms with Crippen molar-refractivity contribution in [2.45, 2.75) is 17.5 Å². The first-order chi connectivity index (χ1) is 20.0. The molecule has 7 nitrogen and oxygen atoms in total. The first-order valence-corrected chi connectivity index (χ1v) is 15.8. The summed E-state index contributed by atoms with van der Waals surface area (Å²) < 4.78 is 1.95. The number of benzene rings is 3. The van der Waals surface area contributed by atoms with E-state index in [0.29, 0.717) is 45.6 Å². The average Bonchev–Trinajstić information content (AvgIpc) is 3.64.